The Kier molecular flexibility index (Phi) is 8.77. The molecule has 6 nitrogen and oxygen atoms in total. The zero-order valence-corrected chi connectivity index (χ0v) is 15.0. The molecule has 0 saturated carbocycles. The largest absolute Gasteiger partial charge is 0.289 e. The number of rotatable bonds is 6. The zero-order chi connectivity index (χ0) is 18.9. The summed E-state index contributed by atoms with van der Waals surface area (Å²) in [6.45, 7) is 0. The molecule has 0 amide bonds. The molecule has 2 aromatic carbocycles. The standard InChI is InChI=1S/C17H17O2S.ClHO4/c1-20(12-16(18)14-8-4-2-5-9-14)13-17(19)15-10-6-3-7-11-15;2-1(3,4)5/h2-11H,12-13H2,1H3;(H,2,3,4,5)/q+1;/p-1. The van der Waals surface area contributed by atoms with Crippen LogP contribution in [-0.2, 0) is 10.9 Å². The molecule has 0 N–H and O–H groups in total. The fourth-order valence-electron chi connectivity index (χ4n) is 1.91. The van der Waals surface area contributed by atoms with Crippen LogP contribution in [0.1, 0.15) is 20.7 Å². The molecular weight excluding hydrogens is 368 g/mol. The van der Waals surface area contributed by atoms with E-state index in [1.807, 2.05) is 66.9 Å². The van der Waals surface area contributed by atoms with Crippen LogP contribution in [-0.4, -0.2) is 29.3 Å². The van der Waals surface area contributed by atoms with Crippen molar-refractivity contribution in [1.29, 1.82) is 0 Å². The van der Waals surface area contributed by atoms with Crippen molar-refractivity contribution in [3.63, 3.8) is 0 Å². The molecule has 0 bridgehead atoms. The van der Waals surface area contributed by atoms with Gasteiger partial charge < -0.3 is 0 Å². The van der Waals surface area contributed by atoms with Crippen LogP contribution >= 0.6 is 0 Å². The number of Topliss-reactive ketones (excluding diaryl/α,β-unsaturated/α-hetero) is 2. The van der Waals surface area contributed by atoms with Crippen LogP contribution in [0.3, 0.4) is 0 Å². The Bertz CT molecular complexity index is 613. The van der Waals surface area contributed by atoms with Crippen LogP contribution in [0.5, 0.6) is 0 Å². The van der Waals surface area contributed by atoms with E-state index in [2.05, 4.69) is 0 Å². The highest BCUT2D eigenvalue weighted by Crippen LogP contribution is 2.07. The number of carbonyl (C=O) groups excluding carboxylic acids is 2. The van der Waals surface area contributed by atoms with Crippen LogP contribution in [0, 0.1) is 10.2 Å². The van der Waals surface area contributed by atoms with Crippen molar-refractivity contribution in [2.75, 3.05) is 17.8 Å². The molecule has 8 heteroatoms. The Hall–Kier alpha value is -1.74. The van der Waals surface area contributed by atoms with Crippen LogP contribution in [0.15, 0.2) is 60.7 Å². The molecule has 0 fully saturated rings. The Morgan fingerprint density at radius 1 is 0.760 bits per heavy atom. The van der Waals surface area contributed by atoms with Gasteiger partial charge in [-0.05, 0) is 0 Å². The number of halogens is 1. The van der Waals surface area contributed by atoms with Gasteiger partial charge in [-0.3, -0.25) is 9.59 Å². The Morgan fingerprint density at radius 2 is 1.04 bits per heavy atom. The summed E-state index contributed by atoms with van der Waals surface area (Å²) in [5.74, 6) is 1.08. The minimum Gasteiger partial charge on any atom is -0.289 e. The van der Waals surface area contributed by atoms with Gasteiger partial charge in [0, 0.05) is 22.0 Å². The molecule has 2 rings (SSSR count). The third-order valence-electron chi connectivity index (χ3n) is 2.95. The smallest absolute Gasteiger partial charge is 0.211 e. The number of hydrogen-bond acceptors (Lipinski definition) is 6. The molecule has 134 valence electrons. The predicted molar refractivity (Wildman–Crippen MR) is 84.6 cm³/mol. The van der Waals surface area contributed by atoms with Gasteiger partial charge in [0.15, 0.2) is 11.5 Å². The maximum absolute atomic E-state index is 12.1. The van der Waals surface area contributed by atoms with Crippen molar-refractivity contribution >= 4 is 22.5 Å². The Balaban J connectivity index is 0.000000550. The van der Waals surface area contributed by atoms with Gasteiger partial charge in [0.25, 0.3) is 0 Å². The van der Waals surface area contributed by atoms with Crippen molar-refractivity contribution in [1.82, 2.24) is 0 Å². The van der Waals surface area contributed by atoms with Crippen LogP contribution in [0.25, 0.3) is 0 Å². The van der Waals surface area contributed by atoms with E-state index in [-0.39, 0.29) is 22.5 Å². The molecule has 0 aliphatic carbocycles. The van der Waals surface area contributed by atoms with Gasteiger partial charge in [-0.2, -0.15) is 0 Å². The fraction of sp³-hybridized carbons (Fsp3) is 0.176. The quantitative estimate of drug-likeness (QED) is 0.429. The van der Waals surface area contributed by atoms with E-state index in [0.717, 1.165) is 11.1 Å². The summed E-state index contributed by atoms with van der Waals surface area (Å²) in [5.41, 5.74) is 1.44. The maximum Gasteiger partial charge on any atom is 0.211 e. The molecule has 25 heavy (non-hydrogen) atoms. The van der Waals surface area contributed by atoms with E-state index in [9.17, 15) is 9.59 Å². The summed E-state index contributed by atoms with van der Waals surface area (Å²) in [6, 6.07) is 18.5. The van der Waals surface area contributed by atoms with Crippen molar-refractivity contribution in [3.05, 3.63) is 71.8 Å². The normalized spacial score (nSPS) is 10.8. The number of ketones is 2. The fourth-order valence-corrected chi connectivity index (χ4v) is 3.24. The molecule has 0 heterocycles. The van der Waals surface area contributed by atoms with Crippen LogP contribution in [0.2, 0.25) is 0 Å². The molecular formula is C17H17ClO6S. The first-order valence-electron chi connectivity index (χ1n) is 7.04. The van der Waals surface area contributed by atoms with E-state index in [0.29, 0.717) is 11.5 Å². The van der Waals surface area contributed by atoms with Gasteiger partial charge in [-0.25, -0.2) is 18.6 Å². The topological polar surface area (TPSA) is 126 Å². The zero-order valence-electron chi connectivity index (χ0n) is 13.4. The molecule has 0 unspecified atom stereocenters. The second-order valence-electron chi connectivity index (χ2n) is 5.03. The van der Waals surface area contributed by atoms with Crippen LogP contribution < -0.4 is 18.6 Å². The molecule has 2 aromatic rings. The number of carbonyl (C=O) groups is 2. The average molecular weight is 385 g/mol. The lowest BCUT2D eigenvalue weighted by Crippen LogP contribution is -2.68. The van der Waals surface area contributed by atoms with Crippen molar-refractivity contribution in [3.8, 4) is 0 Å². The van der Waals surface area contributed by atoms with Gasteiger partial charge in [-0.1, -0.05) is 60.7 Å². The maximum atomic E-state index is 12.1. The molecule has 0 aliphatic rings. The second kappa shape index (κ2) is 10.3. The summed E-state index contributed by atoms with van der Waals surface area (Å²) < 4.78 is 34.0. The van der Waals surface area contributed by atoms with E-state index < -0.39 is 10.2 Å². The number of benzene rings is 2. The third kappa shape index (κ3) is 9.98. The summed E-state index contributed by atoms with van der Waals surface area (Å²) >= 11 is 0. The lowest BCUT2D eigenvalue weighted by molar-refractivity contribution is -2.00. The molecule has 0 aliphatic heterocycles. The first-order chi connectivity index (χ1) is 11.7. The lowest BCUT2D eigenvalue weighted by Gasteiger charge is -2.17. The molecule has 0 aromatic heterocycles. The monoisotopic (exact) mass is 384 g/mol. The van der Waals surface area contributed by atoms with Gasteiger partial charge in [0.1, 0.15) is 0 Å². The van der Waals surface area contributed by atoms with Crippen LogP contribution in [0.4, 0.5) is 0 Å². The first kappa shape index (κ1) is 21.3. The lowest BCUT2D eigenvalue weighted by atomic mass is 10.1. The van der Waals surface area contributed by atoms with Gasteiger partial charge >= 0.3 is 0 Å². The molecule has 0 atom stereocenters. The van der Waals surface area contributed by atoms with Crippen molar-refractivity contribution in [2.45, 2.75) is 0 Å². The van der Waals surface area contributed by atoms with E-state index in [1.165, 1.54) is 0 Å². The van der Waals surface area contributed by atoms with E-state index in [4.69, 9.17) is 18.6 Å². The highest BCUT2D eigenvalue weighted by molar-refractivity contribution is 7.97. The summed E-state index contributed by atoms with van der Waals surface area (Å²) in [7, 11) is -5.17. The minimum absolute atomic E-state index is 0.109. The first-order valence-corrected chi connectivity index (χ1v) is 10.2. The molecule has 0 spiro atoms. The highest BCUT2D eigenvalue weighted by atomic mass is 35.7. The molecule has 0 radical (unpaired) electrons. The Labute approximate surface area is 150 Å². The minimum atomic E-state index is -4.94. The highest BCUT2D eigenvalue weighted by Gasteiger charge is 2.22. The third-order valence-corrected chi connectivity index (χ3v) is 4.46. The second-order valence-corrected chi connectivity index (χ2v) is 7.92. The van der Waals surface area contributed by atoms with Crippen molar-refractivity contribution < 1.29 is 38.5 Å². The van der Waals surface area contributed by atoms with Gasteiger partial charge in [0.05, 0.1) is 6.26 Å². The van der Waals surface area contributed by atoms with E-state index in [1.54, 1.807) is 0 Å². The van der Waals surface area contributed by atoms with Gasteiger partial charge in [-0.15, -0.1) is 10.2 Å². The molecule has 0 saturated heterocycles. The summed E-state index contributed by atoms with van der Waals surface area (Å²) in [6.07, 6.45) is 1.97. The summed E-state index contributed by atoms with van der Waals surface area (Å²) in [4.78, 5) is 24.1. The van der Waals surface area contributed by atoms with Gasteiger partial charge in [0.2, 0.25) is 11.6 Å². The SMILES string of the molecule is C[S+](CC(=O)c1ccccc1)CC(=O)c1ccccc1.[O-][Cl+3]([O-])([O-])[O-]. The predicted octanol–water partition coefficient (Wildman–Crippen LogP) is -1.76. The number of hydrogen-bond donors (Lipinski definition) is 0. The van der Waals surface area contributed by atoms with Crippen molar-refractivity contribution in [2.24, 2.45) is 0 Å². The Morgan fingerprint density at radius 3 is 1.32 bits per heavy atom. The average Bonchev–Trinajstić information content (AvgIpc) is 2.54. The summed E-state index contributed by atoms with van der Waals surface area (Å²) in [5, 5.41) is 0. The van der Waals surface area contributed by atoms with E-state index >= 15 is 0 Å².